The molecule has 0 bridgehead atoms. The largest absolute Gasteiger partial charge is 0.478 e. The van der Waals surface area contributed by atoms with Gasteiger partial charge in [-0.15, -0.1) is 0 Å². The minimum atomic E-state index is -1.07. The average molecular weight is 298 g/mol. The van der Waals surface area contributed by atoms with Crippen LogP contribution in [0.25, 0.3) is 11.1 Å². The zero-order chi connectivity index (χ0) is 16.3. The Bertz CT molecular complexity index is 732. The third-order valence-corrected chi connectivity index (χ3v) is 3.44. The zero-order valence-electron chi connectivity index (χ0n) is 12.8. The second-order valence-electron chi connectivity index (χ2n) is 5.07. The van der Waals surface area contributed by atoms with Gasteiger partial charge in [-0.3, -0.25) is 0 Å². The minimum Gasteiger partial charge on any atom is -0.478 e. The molecule has 0 heterocycles. The van der Waals surface area contributed by atoms with Crippen molar-refractivity contribution in [3.63, 3.8) is 0 Å². The molecule has 0 unspecified atom stereocenters. The molecule has 0 aliphatic rings. The van der Waals surface area contributed by atoms with E-state index in [0.717, 1.165) is 16.7 Å². The molecule has 0 saturated carbocycles. The van der Waals surface area contributed by atoms with E-state index in [1.807, 2.05) is 32.0 Å². The van der Waals surface area contributed by atoms with Crippen LogP contribution in [0.1, 0.15) is 38.8 Å². The Hall–Kier alpha value is -2.62. The third-order valence-electron chi connectivity index (χ3n) is 3.44. The van der Waals surface area contributed by atoms with Gasteiger partial charge in [0, 0.05) is 5.56 Å². The molecule has 0 radical (unpaired) electrons. The summed E-state index contributed by atoms with van der Waals surface area (Å²) in [6.45, 7) is 5.82. The number of carboxylic acids is 1. The van der Waals surface area contributed by atoms with Crippen LogP contribution >= 0.6 is 0 Å². The van der Waals surface area contributed by atoms with Crippen molar-refractivity contribution in [1.82, 2.24) is 0 Å². The molecule has 0 atom stereocenters. The minimum absolute atomic E-state index is 0.0949. The Labute approximate surface area is 129 Å². The van der Waals surface area contributed by atoms with E-state index in [-0.39, 0.29) is 17.7 Å². The summed E-state index contributed by atoms with van der Waals surface area (Å²) in [5.74, 6) is -1.58. The second kappa shape index (κ2) is 6.43. The first-order valence-electron chi connectivity index (χ1n) is 7.06. The van der Waals surface area contributed by atoms with Crippen molar-refractivity contribution >= 4 is 11.9 Å². The highest BCUT2D eigenvalue weighted by molar-refractivity contribution is 6.05. The van der Waals surface area contributed by atoms with E-state index >= 15 is 0 Å². The van der Waals surface area contributed by atoms with Gasteiger partial charge in [0.05, 0.1) is 17.7 Å². The van der Waals surface area contributed by atoms with Gasteiger partial charge in [0.15, 0.2) is 0 Å². The number of hydrogen-bond donors (Lipinski definition) is 1. The fraction of sp³-hybridized carbons (Fsp3) is 0.222. The molecule has 2 aromatic rings. The van der Waals surface area contributed by atoms with E-state index in [1.54, 1.807) is 19.1 Å². The van der Waals surface area contributed by atoms with E-state index in [1.165, 1.54) is 6.07 Å². The van der Waals surface area contributed by atoms with Crippen LogP contribution < -0.4 is 0 Å². The van der Waals surface area contributed by atoms with E-state index < -0.39 is 11.9 Å². The van der Waals surface area contributed by atoms with E-state index in [9.17, 15) is 14.7 Å². The maximum absolute atomic E-state index is 12.2. The zero-order valence-corrected chi connectivity index (χ0v) is 12.8. The summed E-state index contributed by atoms with van der Waals surface area (Å²) in [7, 11) is 0. The third kappa shape index (κ3) is 3.01. The quantitative estimate of drug-likeness (QED) is 0.871. The van der Waals surface area contributed by atoms with Gasteiger partial charge in [0.1, 0.15) is 0 Å². The molecule has 0 spiro atoms. The molecule has 0 aliphatic carbocycles. The van der Waals surface area contributed by atoms with Crippen LogP contribution in [-0.2, 0) is 4.74 Å². The summed E-state index contributed by atoms with van der Waals surface area (Å²) >= 11 is 0. The molecule has 0 amide bonds. The number of rotatable bonds is 4. The number of carbonyl (C=O) groups is 2. The Morgan fingerprint density at radius 1 is 1.09 bits per heavy atom. The lowest BCUT2D eigenvalue weighted by atomic mass is 9.90. The summed E-state index contributed by atoms with van der Waals surface area (Å²) in [5.41, 5.74) is 3.50. The van der Waals surface area contributed by atoms with Gasteiger partial charge < -0.3 is 9.84 Å². The fourth-order valence-electron chi connectivity index (χ4n) is 2.49. The molecular weight excluding hydrogens is 280 g/mol. The Balaban J connectivity index is 2.75. The lowest BCUT2D eigenvalue weighted by molar-refractivity contribution is 0.0527. The van der Waals surface area contributed by atoms with Gasteiger partial charge in [-0.25, -0.2) is 9.59 Å². The molecule has 0 fully saturated rings. The van der Waals surface area contributed by atoms with E-state index in [2.05, 4.69) is 0 Å². The van der Waals surface area contributed by atoms with E-state index in [4.69, 9.17) is 4.74 Å². The van der Waals surface area contributed by atoms with Crippen LogP contribution in [0.3, 0.4) is 0 Å². The fourth-order valence-corrected chi connectivity index (χ4v) is 2.49. The summed E-state index contributed by atoms with van der Waals surface area (Å²) in [5, 5.41) is 9.46. The SMILES string of the molecule is CCOC(=O)c1cccc(C(=O)O)c1-c1ccc(C)cc1C. The molecule has 0 aromatic heterocycles. The molecule has 22 heavy (non-hydrogen) atoms. The van der Waals surface area contributed by atoms with Crippen LogP contribution in [0.4, 0.5) is 0 Å². The van der Waals surface area contributed by atoms with Crippen molar-refractivity contribution in [2.24, 2.45) is 0 Å². The molecule has 0 saturated heterocycles. The average Bonchev–Trinajstić information content (AvgIpc) is 2.47. The van der Waals surface area contributed by atoms with Crippen LogP contribution in [0.2, 0.25) is 0 Å². The highest BCUT2D eigenvalue weighted by Gasteiger charge is 2.21. The smallest absolute Gasteiger partial charge is 0.338 e. The summed E-state index contributed by atoms with van der Waals surface area (Å²) in [6, 6.07) is 10.4. The predicted molar refractivity (Wildman–Crippen MR) is 84.3 cm³/mol. The summed E-state index contributed by atoms with van der Waals surface area (Å²) in [6.07, 6.45) is 0. The van der Waals surface area contributed by atoms with Gasteiger partial charge >= 0.3 is 11.9 Å². The lowest BCUT2D eigenvalue weighted by Crippen LogP contribution is -2.10. The first kappa shape index (κ1) is 15.8. The molecule has 4 heteroatoms. The Morgan fingerprint density at radius 3 is 2.36 bits per heavy atom. The molecular formula is C18H18O4. The van der Waals surface area contributed by atoms with Crippen molar-refractivity contribution in [3.05, 3.63) is 58.7 Å². The van der Waals surface area contributed by atoms with Crippen molar-refractivity contribution in [1.29, 1.82) is 0 Å². The van der Waals surface area contributed by atoms with Crippen molar-refractivity contribution in [2.45, 2.75) is 20.8 Å². The van der Waals surface area contributed by atoms with Gasteiger partial charge in [0.25, 0.3) is 0 Å². The van der Waals surface area contributed by atoms with E-state index in [0.29, 0.717) is 5.56 Å². The van der Waals surface area contributed by atoms with Crippen LogP contribution in [-0.4, -0.2) is 23.7 Å². The van der Waals surface area contributed by atoms with Gasteiger partial charge in [0.2, 0.25) is 0 Å². The number of carboxylic acid groups (broad SMARTS) is 1. The van der Waals surface area contributed by atoms with Crippen LogP contribution in [0, 0.1) is 13.8 Å². The standard InChI is InChI=1S/C18H18O4/c1-4-22-18(21)15-7-5-6-14(17(19)20)16(15)13-9-8-11(2)10-12(13)3/h5-10H,4H2,1-3H3,(H,19,20). The number of esters is 1. The summed E-state index contributed by atoms with van der Waals surface area (Å²) in [4.78, 5) is 23.7. The summed E-state index contributed by atoms with van der Waals surface area (Å²) < 4.78 is 5.06. The van der Waals surface area contributed by atoms with Crippen molar-refractivity contribution < 1.29 is 19.4 Å². The molecule has 1 N–H and O–H groups in total. The number of benzene rings is 2. The van der Waals surface area contributed by atoms with Crippen molar-refractivity contribution in [3.8, 4) is 11.1 Å². The number of ether oxygens (including phenoxy) is 1. The number of hydrogen-bond acceptors (Lipinski definition) is 3. The molecule has 2 rings (SSSR count). The number of carbonyl (C=O) groups excluding carboxylic acids is 1. The molecule has 4 nitrogen and oxygen atoms in total. The second-order valence-corrected chi connectivity index (χ2v) is 5.07. The Morgan fingerprint density at radius 2 is 1.77 bits per heavy atom. The lowest BCUT2D eigenvalue weighted by Gasteiger charge is -2.14. The topological polar surface area (TPSA) is 63.6 Å². The monoisotopic (exact) mass is 298 g/mol. The molecule has 2 aromatic carbocycles. The first-order chi connectivity index (χ1) is 10.5. The normalized spacial score (nSPS) is 10.3. The number of aromatic carboxylic acids is 1. The maximum atomic E-state index is 12.2. The number of aryl methyl sites for hydroxylation is 2. The van der Waals surface area contributed by atoms with Gasteiger partial charge in [-0.2, -0.15) is 0 Å². The first-order valence-corrected chi connectivity index (χ1v) is 7.06. The Kier molecular flexibility index (Phi) is 4.61. The predicted octanol–water partition coefficient (Wildman–Crippen LogP) is 3.85. The highest BCUT2D eigenvalue weighted by Crippen LogP contribution is 2.31. The van der Waals surface area contributed by atoms with Gasteiger partial charge in [-0.1, -0.05) is 29.8 Å². The molecule has 0 aliphatic heterocycles. The van der Waals surface area contributed by atoms with Crippen molar-refractivity contribution in [2.75, 3.05) is 6.61 Å². The van der Waals surface area contributed by atoms with Crippen LogP contribution in [0.15, 0.2) is 36.4 Å². The van der Waals surface area contributed by atoms with Gasteiger partial charge in [-0.05, 0) is 44.0 Å². The maximum Gasteiger partial charge on any atom is 0.338 e. The molecule has 114 valence electrons. The highest BCUT2D eigenvalue weighted by atomic mass is 16.5. The van der Waals surface area contributed by atoms with Crippen LogP contribution in [0.5, 0.6) is 0 Å².